The minimum absolute atomic E-state index is 0.0239. The number of carbonyl (C=O) groups excluding carboxylic acids is 1. The lowest BCUT2D eigenvalue weighted by Gasteiger charge is -2.43. The zero-order chi connectivity index (χ0) is 17.2. The number of carbonyl (C=O) groups is 1. The molecule has 3 rings (SSSR count). The Balaban J connectivity index is 1.57. The van der Waals surface area contributed by atoms with E-state index in [-0.39, 0.29) is 5.91 Å². The van der Waals surface area contributed by atoms with Crippen LogP contribution in [-0.4, -0.2) is 77.9 Å². The van der Waals surface area contributed by atoms with Crippen molar-refractivity contribution in [3.05, 3.63) is 30.1 Å². The van der Waals surface area contributed by atoms with Crippen LogP contribution < -0.4 is 5.73 Å². The Morgan fingerprint density at radius 2 is 1.83 bits per heavy atom. The first-order valence-electron chi connectivity index (χ1n) is 8.91. The molecule has 2 aliphatic heterocycles. The fraction of sp³-hybridized carbons (Fsp3) is 0.667. The average Bonchev–Trinajstić information content (AvgIpc) is 2.62. The number of likely N-dealkylation sites (tertiary alicyclic amines) is 1. The first kappa shape index (κ1) is 17.3. The molecule has 1 aromatic heterocycles. The van der Waals surface area contributed by atoms with Gasteiger partial charge in [-0.25, -0.2) is 0 Å². The molecule has 6 nitrogen and oxygen atoms in total. The molecule has 0 unspecified atom stereocenters. The van der Waals surface area contributed by atoms with Crippen molar-refractivity contribution in [2.45, 2.75) is 31.3 Å². The SMILES string of the molecule is CN1CCC(N2CCN(C(=O)[C@](C)(N)c3ccccn3)CC2)CC1. The summed E-state index contributed by atoms with van der Waals surface area (Å²) in [6, 6.07) is 6.20. The molecule has 2 aliphatic rings. The highest BCUT2D eigenvalue weighted by Gasteiger charge is 2.37. The number of rotatable bonds is 3. The van der Waals surface area contributed by atoms with E-state index >= 15 is 0 Å². The van der Waals surface area contributed by atoms with Gasteiger partial charge in [0.2, 0.25) is 5.91 Å². The van der Waals surface area contributed by atoms with E-state index in [1.807, 2.05) is 23.1 Å². The molecule has 24 heavy (non-hydrogen) atoms. The predicted octanol–water partition coefficient (Wildman–Crippen LogP) is 0.494. The fourth-order valence-corrected chi connectivity index (χ4v) is 3.76. The van der Waals surface area contributed by atoms with Crippen molar-refractivity contribution in [2.75, 3.05) is 46.3 Å². The van der Waals surface area contributed by atoms with E-state index in [1.165, 1.54) is 25.9 Å². The van der Waals surface area contributed by atoms with E-state index in [0.717, 1.165) is 26.2 Å². The molecule has 1 aromatic rings. The van der Waals surface area contributed by atoms with Gasteiger partial charge in [0.15, 0.2) is 0 Å². The van der Waals surface area contributed by atoms with Gasteiger partial charge >= 0.3 is 0 Å². The number of hydrogen-bond acceptors (Lipinski definition) is 5. The summed E-state index contributed by atoms with van der Waals surface area (Å²) in [7, 11) is 2.19. The van der Waals surface area contributed by atoms with Crippen LogP contribution in [0, 0.1) is 0 Å². The Morgan fingerprint density at radius 3 is 2.42 bits per heavy atom. The summed E-state index contributed by atoms with van der Waals surface area (Å²) in [5, 5.41) is 0. The highest BCUT2D eigenvalue weighted by atomic mass is 16.2. The first-order chi connectivity index (χ1) is 11.5. The topological polar surface area (TPSA) is 65.7 Å². The second-order valence-corrected chi connectivity index (χ2v) is 7.28. The molecule has 0 aliphatic carbocycles. The quantitative estimate of drug-likeness (QED) is 0.873. The zero-order valence-corrected chi connectivity index (χ0v) is 14.8. The first-order valence-corrected chi connectivity index (χ1v) is 8.91. The minimum Gasteiger partial charge on any atom is -0.338 e. The van der Waals surface area contributed by atoms with Gasteiger partial charge in [0.05, 0.1) is 5.69 Å². The van der Waals surface area contributed by atoms with Gasteiger partial charge in [-0.3, -0.25) is 14.7 Å². The van der Waals surface area contributed by atoms with Crippen molar-refractivity contribution in [1.29, 1.82) is 0 Å². The number of nitrogens with zero attached hydrogens (tertiary/aromatic N) is 4. The second-order valence-electron chi connectivity index (χ2n) is 7.28. The smallest absolute Gasteiger partial charge is 0.248 e. The van der Waals surface area contributed by atoms with Crippen LogP contribution in [0.5, 0.6) is 0 Å². The number of hydrogen-bond donors (Lipinski definition) is 1. The Hall–Kier alpha value is -1.50. The van der Waals surface area contributed by atoms with Crippen LogP contribution >= 0.6 is 0 Å². The molecule has 6 heteroatoms. The lowest BCUT2D eigenvalue weighted by Crippen LogP contribution is -2.59. The molecule has 0 radical (unpaired) electrons. The summed E-state index contributed by atoms with van der Waals surface area (Å²) >= 11 is 0. The van der Waals surface area contributed by atoms with Gasteiger partial charge in [-0.2, -0.15) is 0 Å². The van der Waals surface area contributed by atoms with Crippen LogP contribution in [-0.2, 0) is 10.3 Å². The van der Waals surface area contributed by atoms with Crippen molar-refractivity contribution in [3.63, 3.8) is 0 Å². The van der Waals surface area contributed by atoms with E-state index in [2.05, 4.69) is 21.8 Å². The lowest BCUT2D eigenvalue weighted by atomic mass is 9.95. The molecule has 2 N–H and O–H groups in total. The number of piperidine rings is 1. The molecule has 2 fully saturated rings. The summed E-state index contributed by atoms with van der Waals surface area (Å²) in [6.07, 6.45) is 4.14. The largest absolute Gasteiger partial charge is 0.338 e. The third-order valence-corrected chi connectivity index (χ3v) is 5.45. The summed E-state index contributed by atoms with van der Waals surface area (Å²) in [5.74, 6) is -0.0239. The summed E-state index contributed by atoms with van der Waals surface area (Å²) in [5.41, 5.74) is 5.91. The maximum atomic E-state index is 12.9. The van der Waals surface area contributed by atoms with Crippen LogP contribution in [0.25, 0.3) is 0 Å². The number of amides is 1. The van der Waals surface area contributed by atoms with E-state index in [0.29, 0.717) is 11.7 Å². The zero-order valence-electron chi connectivity index (χ0n) is 14.8. The molecule has 0 spiro atoms. The summed E-state index contributed by atoms with van der Waals surface area (Å²) in [6.45, 7) is 7.50. The van der Waals surface area contributed by atoms with Gasteiger partial charge in [0.1, 0.15) is 5.54 Å². The summed E-state index contributed by atoms with van der Waals surface area (Å²) < 4.78 is 0. The average molecular weight is 331 g/mol. The van der Waals surface area contributed by atoms with E-state index in [9.17, 15) is 4.79 Å². The highest BCUT2D eigenvalue weighted by molar-refractivity contribution is 5.86. The van der Waals surface area contributed by atoms with Crippen LogP contribution in [0.15, 0.2) is 24.4 Å². The fourth-order valence-electron chi connectivity index (χ4n) is 3.76. The number of pyridine rings is 1. The van der Waals surface area contributed by atoms with Crippen LogP contribution in [0.2, 0.25) is 0 Å². The Kier molecular flexibility index (Phi) is 5.18. The molecule has 2 saturated heterocycles. The van der Waals surface area contributed by atoms with Crippen LogP contribution in [0.4, 0.5) is 0 Å². The van der Waals surface area contributed by atoms with Crippen LogP contribution in [0.3, 0.4) is 0 Å². The molecule has 1 atom stereocenters. The molecule has 0 saturated carbocycles. The van der Waals surface area contributed by atoms with Gasteiger partial charge in [-0.05, 0) is 52.0 Å². The van der Waals surface area contributed by atoms with Crippen molar-refractivity contribution in [3.8, 4) is 0 Å². The Bertz CT molecular complexity index is 546. The molecular formula is C18H29N5O. The molecule has 132 valence electrons. The molecular weight excluding hydrogens is 302 g/mol. The Labute approximate surface area is 144 Å². The van der Waals surface area contributed by atoms with Gasteiger partial charge in [-0.15, -0.1) is 0 Å². The van der Waals surface area contributed by atoms with Crippen molar-refractivity contribution >= 4 is 5.91 Å². The Morgan fingerprint density at radius 1 is 1.17 bits per heavy atom. The molecule has 0 aromatic carbocycles. The normalized spacial score (nSPS) is 23.9. The maximum Gasteiger partial charge on any atom is 0.248 e. The van der Waals surface area contributed by atoms with Gasteiger partial charge in [0, 0.05) is 38.4 Å². The molecule has 0 bridgehead atoms. The van der Waals surface area contributed by atoms with Gasteiger partial charge < -0.3 is 15.5 Å². The monoisotopic (exact) mass is 331 g/mol. The standard InChI is InChI=1S/C18H29N5O/c1-18(19,16-5-3-4-8-20-16)17(24)23-13-11-22(12-14-23)15-6-9-21(2)10-7-15/h3-5,8,15H,6-7,9-14,19H2,1-2H3/t18-/m1/s1. The number of aromatic nitrogens is 1. The minimum atomic E-state index is -1.06. The molecule has 1 amide bonds. The molecule has 3 heterocycles. The highest BCUT2D eigenvalue weighted by Crippen LogP contribution is 2.21. The van der Waals surface area contributed by atoms with Crippen molar-refractivity contribution in [2.24, 2.45) is 5.73 Å². The third kappa shape index (κ3) is 3.61. The lowest BCUT2D eigenvalue weighted by molar-refractivity contribution is -0.139. The maximum absolute atomic E-state index is 12.9. The summed E-state index contributed by atoms with van der Waals surface area (Å²) in [4.78, 5) is 24.0. The van der Waals surface area contributed by atoms with Gasteiger partial charge in [-0.1, -0.05) is 6.07 Å². The third-order valence-electron chi connectivity index (χ3n) is 5.45. The number of piperazine rings is 1. The van der Waals surface area contributed by atoms with E-state index in [4.69, 9.17) is 5.73 Å². The number of nitrogens with two attached hydrogens (primary N) is 1. The van der Waals surface area contributed by atoms with E-state index < -0.39 is 5.54 Å². The van der Waals surface area contributed by atoms with E-state index in [1.54, 1.807) is 13.1 Å². The van der Waals surface area contributed by atoms with Gasteiger partial charge in [0.25, 0.3) is 0 Å². The van der Waals surface area contributed by atoms with Crippen molar-refractivity contribution in [1.82, 2.24) is 19.7 Å². The predicted molar refractivity (Wildman–Crippen MR) is 94.4 cm³/mol. The van der Waals surface area contributed by atoms with Crippen LogP contribution in [0.1, 0.15) is 25.5 Å². The second kappa shape index (κ2) is 7.17. The van der Waals surface area contributed by atoms with Crippen molar-refractivity contribution < 1.29 is 4.79 Å².